The molecule has 3 aromatic rings. The molecule has 0 aliphatic rings. The minimum Gasteiger partial charge on any atom is -0.497 e. The van der Waals surface area contributed by atoms with Crippen LogP contribution in [0.2, 0.25) is 5.02 Å². The first-order chi connectivity index (χ1) is 11.7. The fourth-order valence-electron chi connectivity index (χ4n) is 2.15. The quantitative estimate of drug-likeness (QED) is 0.772. The number of anilines is 1. The average Bonchev–Trinajstić information content (AvgIpc) is 3.06. The summed E-state index contributed by atoms with van der Waals surface area (Å²) in [5, 5.41) is 7.49. The van der Waals surface area contributed by atoms with E-state index in [2.05, 4.69) is 15.4 Å². The summed E-state index contributed by atoms with van der Waals surface area (Å²) in [7, 11) is 1.55. The van der Waals surface area contributed by atoms with Gasteiger partial charge in [-0.05, 0) is 12.1 Å². The molecule has 6 nitrogen and oxygen atoms in total. The van der Waals surface area contributed by atoms with Gasteiger partial charge in [-0.25, -0.2) is 9.67 Å². The summed E-state index contributed by atoms with van der Waals surface area (Å²) >= 11 is 6.08. The maximum Gasteiger partial charge on any atom is 0.246 e. The van der Waals surface area contributed by atoms with Gasteiger partial charge in [0.1, 0.15) is 18.6 Å². The van der Waals surface area contributed by atoms with E-state index in [1.54, 1.807) is 25.3 Å². The largest absolute Gasteiger partial charge is 0.497 e. The number of nitrogens with zero attached hydrogens (tertiary/aromatic N) is 3. The Morgan fingerprint density at radius 3 is 2.79 bits per heavy atom. The van der Waals surface area contributed by atoms with E-state index in [-0.39, 0.29) is 12.5 Å². The van der Waals surface area contributed by atoms with E-state index in [4.69, 9.17) is 16.3 Å². The molecule has 0 saturated heterocycles. The molecule has 0 aliphatic carbocycles. The second-order valence-electron chi connectivity index (χ2n) is 5.03. The van der Waals surface area contributed by atoms with E-state index in [1.165, 1.54) is 11.0 Å². The van der Waals surface area contributed by atoms with Gasteiger partial charge in [-0.1, -0.05) is 41.9 Å². The van der Waals surface area contributed by atoms with E-state index in [0.717, 1.165) is 5.56 Å². The lowest BCUT2D eigenvalue weighted by Crippen LogP contribution is -2.19. The minimum atomic E-state index is -0.255. The molecule has 1 N–H and O–H groups in total. The van der Waals surface area contributed by atoms with Crippen molar-refractivity contribution in [2.24, 2.45) is 0 Å². The van der Waals surface area contributed by atoms with Crippen molar-refractivity contribution in [1.82, 2.24) is 14.8 Å². The zero-order chi connectivity index (χ0) is 16.9. The first kappa shape index (κ1) is 16.0. The van der Waals surface area contributed by atoms with Crippen molar-refractivity contribution in [3.05, 3.63) is 59.9 Å². The molecule has 1 aromatic heterocycles. The Hall–Kier alpha value is -2.86. The van der Waals surface area contributed by atoms with E-state index in [1.807, 2.05) is 30.3 Å². The van der Waals surface area contributed by atoms with E-state index in [0.29, 0.717) is 22.3 Å². The maximum atomic E-state index is 12.2. The zero-order valence-corrected chi connectivity index (χ0v) is 13.7. The Bertz CT molecular complexity index is 849. The molecule has 0 radical (unpaired) electrons. The molecule has 24 heavy (non-hydrogen) atoms. The molecule has 2 aromatic carbocycles. The Balaban J connectivity index is 1.69. The van der Waals surface area contributed by atoms with Crippen molar-refractivity contribution >= 4 is 23.2 Å². The third-order valence-corrected chi connectivity index (χ3v) is 3.65. The number of carbonyl (C=O) groups excluding carboxylic acids is 1. The number of aromatic nitrogens is 3. The van der Waals surface area contributed by atoms with Gasteiger partial charge in [0.15, 0.2) is 5.82 Å². The Morgan fingerprint density at radius 1 is 1.25 bits per heavy atom. The lowest BCUT2D eigenvalue weighted by Gasteiger charge is -2.09. The summed E-state index contributed by atoms with van der Waals surface area (Å²) in [6.07, 6.45) is 1.52. The number of methoxy groups -OCH3 is 1. The number of hydrogen-bond donors (Lipinski definition) is 1. The highest BCUT2D eigenvalue weighted by atomic mass is 35.5. The molecule has 122 valence electrons. The average molecular weight is 343 g/mol. The standard InChI is InChI=1S/C17H15ClN4O2/c1-24-13-7-8-14(18)15(9-13)20-16(23)10-22-11-19-17(21-22)12-5-3-2-4-6-12/h2-9,11H,10H2,1H3,(H,20,23). The van der Waals surface area contributed by atoms with E-state index < -0.39 is 0 Å². The third-order valence-electron chi connectivity index (χ3n) is 3.32. The van der Waals surface area contributed by atoms with Crippen molar-refractivity contribution in [3.8, 4) is 17.1 Å². The van der Waals surface area contributed by atoms with Crippen LogP contribution in [0, 0.1) is 0 Å². The van der Waals surface area contributed by atoms with Crippen LogP contribution in [0.3, 0.4) is 0 Å². The van der Waals surface area contributed by atoms with Crippen LogP contribution in [0.5, 0.6) is 5.75 Å². The van der Waals surface area contributed by atoms with Gasteiger partial charge in [0, 0.05) is 11.6 Å². The normalized spacial score (nSPS) is 10.4. The van der Waals surface area contributed by atoms with Crippen LogP contribution in [0.25, 0.3) is 11.4 Å². The van der Waals surface area contributed by atoms with Crippen LogP contribution in [0.15, 0.2) is 54.9 Å². The van der Waals surface area contributed by atoms with Crippen LogP contribution in [-0.2, 0) is 11.3 Å². The van der Waals surface area contributed by atoms with E-state index >= 15 is 0 Å². The van der Waals surface area contributed by atoms with Gasteiger partial charge < -0.3 is 10.1 Å². The molecule has 1 amide bonds. The predicted molar refractivity (Wildman–Crippen MR) is 92.1 cm³/mol. The van der Waals surface area contributed by atoms with Gasteiger partial charge in [0.05, 0.1) is 17.8 Å². The van der Waals surface area contributed by atoms with Crippen molar-refractivity contribution in [3.63, 3.8) is 0 Å². The second kappa shape index (κ2) is 7.14. The minimum absolute atomic E-state index is 0.0351. The summed E-state index contributed by atoms with van der Waals surface area (Å²) in [5.74, 6) is 0.930. The van der Waals surface area contributed by atoms with Crippen molar-refractivity contribution in [1.29, 1.82) is 0 Å². The Kier molecular flexibility index (Phi) is 4.77. The van der Waals surface area contributed by atoms with Crippen LogP contribution < -0.4 is 10.1 Å². The smallest absolute Gasteiger partial charge is 0.246 e. The van der Waals surface area contributed by atoms with Crippen LogP contribution in [-0.4, -0.2) is 27.8 Å². The zero-order valence-electron chi connectivity index (χ0n) is 12.9. The number of benzene rings is 2. The highest BCUT2D eigenvalue weighted by Gasteiger charge is 2.10. The molecular formula is C17H15ClN4O2. The molecule has 7 heteroatoms. The number of halogens is 1. The third kappa shape index (κ3) is 3.72. The molecule has 3 rings (SSSR count). The second-order valence-corrected chi connectivity index (χ2v) is 5.43. The summed E-state index contributed by atoms with van der Waals surface area (Å²) < 4.78 is 6.60. The van der Waals surface area contributed by atoms with Crippen molar-refractivity contribution in [2.45, 2.75) is 6.54 Å². The SMILES string of the molecule is COc1ccc(Cl)c(NC(=O)Cn2cnc(-c3ccccc3)n2)c1. The Morgan fingerprint density at radius 2 is 2.04 bits per heavy atom. The van der Waals surface area contributed by atoms with E-state index in [9.17, 15) is 4.79 Å². The molecule has 0 saturated carbocycles. The topological polar surface area (TPSA) is 69.0 Å². The number of amides is 1. The van der Waals surface area contributed by atoms with Gasteiger partial charge in [0.2, 0.25) is 5.91 Å². The Labute approximate surface area is 144 Å². The van der Waals surface area contributed by atoms with Crippen LogP contribution >= 0.6 is 11.6 Å². The highest BCUT2D eigenvalue weighted by Crippen LogP contribution is 2.26. The number of nitrogens with one attached hydrogen (secondary N) is 1. The molecule has 0 atom stereocenters. The molecule has 0 spiro atoms. The van der Waals surface area contributed by atoms with Crippen molar-refractivity contribution in [2.75, 3.05) is 12.4 Å². The molecular weight excluding hydrogens is 328 g/mol. The van der Waals surface area contributed by atoms with Gasteiger partial charge in [-0.15, -0.1) is 0 Å². The van der Waals surface area contributed by atoms with Crippen molar-refractivity contribution < 1.29 is 9.53 Å². The lowest BCUT2D eigenvalue weighted by molar-refractivity contribution is -0.116. The maximum absolute atomic E-state index is 12.2. The number of carbonyl (C=O) groups is 1. The highest BCUT2D eigenvalue weighted by molar-refractivity contribution is 6.33. The predicted octanol–water partition coefficient (Wildman–Crippen LogP) is 3.25. The summed E-state index contributed by atoms with van der Waals surface area (Å²) in [6, 6.07) is 14.6. The fourth-order valence-corrected chi connectivity index (χ4v) is 2.32. The molecule has 1 heterocycles. The first-order valence-corrected chi connectivity index (χ1v) is 7.62. The van der Waals surface area contributed by atoms with Gasteiger partial charge >= 0.3 is 0 Å². The number of rotatable bonds is 5. The van der Waals surface area contributed by atoms with Gasteiger partial charge in [-0.2, -0.15) is 5.10 Å². The molecule has 0 fully saturated rings. The van der Waals surface area contributed by atoms with Crippen LogP contribution in [0.4, 0.5) is 5.69 Å². The number of ether oxygens (including phenoxy) is 1. The number of hydrogen-bond acceptors (Lipinski definition) is 4. The summed E-state index contributed by atoms with van der Waals surface area (Å²) in [4.78, 5) is 16.4. The first-order valence-electron chi connectivity index (χ1n) is 7.24. The molecule has 0 aliphatic heterocycles. The summed E-state index contributed by atoms with van der Waals surface area (Å²) in [5.41, 5.74) is 1.39. The monoisotopic (exact) mass is 342 g/mol. The summed E-state index contributed by atoms with van der Waals surface area (Å²) in [6.45, 7) is 0.0351. The van der Waals surface area contributed by atoms with Gasteiger partial charge in [-0.3, -0.25) is 4.79 Å². The van der Waals surface area contributed by atoms with Gasteiger partial charge in [0.25, 0.3) is 0 Å². The molecule has 0 bridgehead atoms. The molecule has 0 unspecified atom stereocenters. The fraction of sp³-hybridized carbons (Fsp3) is 0.118. The lowest BCUT2D eigenvalue weighted by atomic mass is 10.2. The van der Waals surface area contributed by atoms with Crippen LogP contribution in [0.1, 0.15) is 0 Å².